The van der Waals surface area contributed by atoms with Crippen molar-refractivity contribution in [3.8, 4) is 0 Å². The molecule has 0 heterocycles. The van der Waals surface area contributed by atoms with E-state index in [0.717, 1.165) is 11.3 Å². The van der Waals surface area contributed by atoms with Crippen LogP contribution in [0.5, 0.6) is 0 Å². The van der Waals surface area contributed by atoms with E-state index in [2.05, 4.69) is 16.0 Å². The van der Waals surface area contributed by atoms with Gasteiger partial charge in [-0.2, -0.15) is 0 Å². The quantitative estimate of drug-likeness (QED) is 0.690. The lowest BCUT2D eigenvalue weighted by atomic mass is 10.1. The number of hydrogen-bond donors (Lipinski definition) is 3. The summed E-state index contributed by atoms with van der Waals surface area (Å²) in [5, 5.41) is 8.78. The summed E-state index contributed by atoms with van der Waals surface area (Å²) >= 11 is 0. The van der Waals surface area contributed by atoms with Gasteiger partial charge in [-0.3, -0.25) is 9.59 Å². The Kier molecular flexibility index (Phi) is 7.16. The molecule has 25 heavy (non-hydrogen) atoms. The van der Waals surface area contributed by atoms with Crippen molar-refractivity contribution in [3.63, 3.8) is 0 Å². The molecule has 0 fully saturated rings. The Morgan fingerprint density at radius 3 is 1.96 bits per heavy atom. The van der Waals surface area contributed by atoms with Crippen LogP contribution in [0.2, 0.25) is 0 Å². The molecule has 2 rings (SSSR count). The summed E-state index contributed by atoms with van der Waals surface area (Å²) < 4.78 is 0. The van der Waals surface area contributed by atoms with Crippen molar-refractivity contribution in [1.82, 2.24) is 5.32 Å². The van der Waals surface area contributed by atoms with Crippen LogP contribution in [0.15, 0.2) is 54.6 Å². The molecule has 2 aromatic rings. The molecule has 0 unspecified atom stereocenters. The lowest BCUT2D eigenvalue weighted by Crippen LogP contribution is -2.27. The molecule has 132 valence electrons. The Balaban J connectivity index is 1.74. The van der Waals surface area contributed by atoms with Gasteiger partial charge in [-0.05, 0) is 35.7 Å². The Bertz CT molecular complexity index is 682. The SMILES string of the molecule is CC(C)CC(=O)Nc1ccc(NC(=O)CNCc2ccccc2)cc1. The van der Waals surface area contributed by atoms with Gasteiger partial charge in [0.05, 0.1) is 6.54 Å². The molecule has 0 bridgehead atoms. The van der Waals surface area contributed by atoms with Gasteiger partial charge in [-0.15, -0.1) is 0 Å². The monoisotopic (exact) mass is 339 g/mol. The van der Waals surface area contributed by atoms with Crippen molar-refractivity contribution in [2.75, 3.05) is 17.2 Å². The van der Waals surface area contributed by atoms with Crippen molar-refractivity contribution in [1.29, 1.82) is 0 Å². The predicted octanol–water partition coefficient (Wildman–Crippen LogP) is 3.40. The van der Waals surface area contributed by atoms with Crippen LogP contribution in [-0.4, -0.2) is 18.4 Å². The highest BCUT2D eigenvalue weighted by molar-refractivity contribution is 5.93. The normalized spacial score (nSPS) is 10.5. The predicted molar refractivity (Wildman–Crippen MR) is 101 cm³/mol. The summed E-state index contributed by atoms with van der Waals surface area (Å²) in [6.45, 7) is 4.89. The van der Waals surface area contributed by atoms with Crippen LogP contribution in [0.25, 0.3) is 0 Å². The molecule has 3 N–H and O–H groups in total. The lowest BCUT2D eigenvalue weighted by Gasteiger charge is -2.09. The van der Waals surface area contributed by atoms with Gasteiger partial charge in [0, 0.05) is 24.3 Å². The zero-order valence-corrected chi connectivity index (χ0v) is 14.7. The first-order valence-corrected chi connectivity index (χ1v) is 8.47. The molecule has 0 saturated heterocycles. The second kappa shape index (κ2) is 9.59. The second-order valence-electron chi connectivity index (χ2n) is 6.36. The fourth-order valence-electron chi connectivity index (χ4n) is 2.34. The summed E-state index contributed by atoms with van der Waals surface area (Å²) in [5.74, 6) is 0.214. The van der Waals surface area contributed by atoms with Gasteiger partial charge in [0.25, 0.3) is 0 Å². The van der Waals surface area contributed by atoms with E-state index in [0.29, 0.717) is 24.6 Å². The highest BCUT2D eigenvalue weighted by Gasteiger charge is 2.06. The van der Waals surface area contributed by atoms with Crippen molar-refractivity contribution in [3.05, 3.63) is 60.2 Å². The molecule has 5 heteroatoms. The number of benzene rings is 2. The van der Waals surface area contributed by atoms with Crippen LogP contribution in [-0.2, 0) is 16.1 Å². The maximum absolute atomic E-state index is 11.9. The average Bonchev–Trinajstić information content (AvgIpc) is 2.57. The molecule has 0 aliphatic carbocycles. The largest absolute Gasteiger partial charge is 0.326 e. The van der Waals surface area contributed by atoms with E-state index in [-0.39, 0.29) is 18.4 Å². The van der Waals surface area contributed by atoms with Crippen LogP contribution in [0, 0.1) is 5.92 Å². The fraction of sp³-hybridized carbons (Fsp3) is 0.300. The number of carbonyl (C=O) groups is 2. The topological polar surface area (TPSA) is 70.2 Å². The molecule has 0 spiro atoms. The zero-order valence-electron chi connectivity index (χ0n) is 14.7. The van der Waals surface area contributed by atoms with E-state index in [1.807, 2.05) is 44.2 Å². The number of anilines is 2. The van der Waals surface area contributed by atoms with E-state index >= 15 is 0 Å². The van der Waals surface area contributed by atoms with Gasteiger partial charge in [0.2, 0.25) is 11.8 Å². The van der Waals surface area contributed by atoms with Crippen LogP contribution >= 0.6 is 0 Å². The molecular formula is C20H25N3O2. The van der Waals surface area contributed by atoms with Crippen LogP contribution in [0.3, 0.4) is 0 Å². The van der Waals surface area contributed by atoms with E-state index in [9.17, 15) is 9.59 Å². The van der Waals surface area contributed by atoms with Crippen LogP contribution in [0.4, 0.5) is 11.4 Å². The minimum absolute atomic E-state index is 0.00287. The molecule has 2 aromatic carbocycles. The summed E-state index contributed by atoms with van der Waals surface area (Å²) in [5.41, 5.74) is 2.57. The molecule has 0 aromatic heterocycles. The van der Waals surface area contributed by atoms with E-state index < -0.39 is 0 Å². The number of nitrogens with one attached hydrogen (secondary N) is 3. The Hall–Kier alpha value is -2.66. The Labute approximate surface area is 148 Å². The molecule has 5 nitrogen and oxygen atoms in total. The van der Waals surface area contributed by atoms with E-state index in [1.165, 1.54) is 0 Å². The molecule has 0 radical (unpaired) electrons. The molecule has 2 amide bonds. The maximum Gasteiger partial charge on any atom is 0.238 e. The molecule has 0 atom stereocenters. The third kappa shape index (κ3) is 7.18. The highest BCUT2D eigenvalue weighted by atomic mass is 16.2. The van der Waals surface area contributed by atoms with Gasteiger partial charge < -0.3 is 16.0 Å². The molecule has 0 aliphatic rings. The fourth-order valence-corrected chi connectivity index (χ4v) is 2.34. The van der Waals surface area contributed by atoms with Crippen LogP contribution in [0.1, 0.15) is 25.8 Å². The summed E-state index contributed by atoms with van der Waals surface area (Å²) in [6, 6.07) is 17.0. The van der Waals surface area contributed by atoms with Crippen molar-refractivity contribution >= 4 is 23.2 Å². The first-order valence-electron chi connectivity index (χ1n) is 8.47. The van der Waals surface area contributed by atoms with Crippen molar-refractivity contribution < 1.29 is 9.59 Å². The second-order valence-corrected chi connectivity index (χ2v) is 6.36. The van der Waals surface area contributed by atoms with Crippen LogP contribution < -0.4 is 16.0 Å². The highest BCUT2D eigenvalue weighted by Crippen LogP contribution is 2.14. The number of rotatable bonds is 8. The molecule has 0 saturated carbocycles. The van der Waals surface area contributed by atoms with Crippen molar-refractivity contribution in [2.45, 2.75) is 26.8 Å². The minimum atomic E-state index is -0.104. The van der Waals surface area contributed by atoms with Gasteiger partial charge in [0.1, 0.15) is 0 Å². The Morgan fingerprint density at radius 2 is 1.40 bits per heavy atom. The zero-order chi connectivity index (χ0) is 18.1. The number of amides is 2. The number of carbonyl (C=O) groups excluding carboxylic acids is 2. The molecular weight excluding hydrogens is 314 g/mol. The summed E-state index contributed by atoms with van der Waals surface area (Å²) in [7, 11) is 0. The third-order valence-corrected chi connectivity index (χ3v) is 3.50. The lowest BCUT2D eigenvalue weighted by molar-refractivity contribution is -0.117. The van der Waals surface area contributed by atoms with Crippen molar-refractivity contribution in [2.24, 2.45) is 5.92 Å². The van der Waals surface area contributed by atoms with Gasteiger partial charge >= 0.3 is 0 Å². The Morgan fingerprint density at radius 1 is 0.840 bits per heavy atom. The average molecular weight is 339 g/mol. The van der Waals surface area contributed by atoms with Gasteiger partial charge in [0.15, 0.2) is 0 Å². The minimum Gasteiger partial charge on any atom is -0.326 e. The van der Waals surface area contributed by atoms with E-state index in [1.54, 1.807) is 24.3 Å². The maximum atomic E-state index is 11.9. The van der Waals surface area contributed by atoms with E-state index in [4.69, 9.17) is 0 Å². The molecule has 0 aliphatic heterocycles. The smallest absolute Gasteiger partial charge is 0.238 e. The summed E-state index contributed by atoms with van der Waals surface area (Å²) in [4.78, 5) is 23.7. The number of hydrogen-bond acceptors (Lipinski definition) is 3. The first-order chi connectivity index (χ1) is 12.0. The first kappa shape index (κ1) is 18.7. The summed E-state index contributed by atoms with van der Waals surface area (Å²) in [6.07, 6.45) is 0.492. The standard InChI is InChI=1S/C20H25N3O2/c1-15(2)12-19(24)22-17-8-10-18(11-9-17)23-20(25)14-21-13-16-6-4-3-5-7-16/h3-11,15,21H,12-14H2,1-2H3,(H,22,24)(H,23,25). The van der Waals surface area contributed by atoms with Gasteiger partial charge in [-0.1, -0.05) is 44.2 Å². The third-order valence-electron chi connectivity index (χ3n) is 3.50. The van der Waals surface area contributed by atoms with Gasteiger partial charge in [-0.25, -0.2) is 0 Å².